The Kier molecular flexibility index (Phi) is 5.43. The number of nitrogens with one attached hydrogen (secondary N) is 2. The van der Waals surface area contributed by atoms with Gasteiger partial charge in [0.25, 0.3) is 0 Å². The highest BCUT2D eigenvalue weighted by Crippen LogP contribution is 2.19. The van der Waals surface area contributed by atoms with Crippen molar-refractivity contribution in [1.29, 1.82) is 0 Å². The smallest absolute Gasteiger partial charge is 0.220 e. The highest BCUT2D eigenvalue weighted by molar-refractivity contribution is 5.83. The Bertz CT molecular complexity index is 586. The summed E-state index contributed by atoms with van der Waals surface area (Å²) in [4.78, 5) is 15.3. The van der Waals surface area contributed by atoms with Crippen LogP contribution in [0.3, 0.4) is 0 Å². The summed E-state index contributed by atoms with van der Waals surface area (Å²) in [5, 5.41) is 4.41. The molecule has 1 heterocycles. The van der Waals surface area contributed by atoms with Crippen LogP contribution in [0.15, 0.2) is 30.5 Å². The van der Waals surface area contributed by atoms with Crippen molar-refractivity contribution in [3.63, 3.8) is 0 Å². The van der Waals surface area contributed by atoms with E-state index >= 15 is 0 Å². The summed E-state index contributed by atoms with van der Waals surface area (Å²) >= 11 is 0. The molecule has 3 heteroatoms. The predicted molar refractivity (Wildman–Crippen MR) is 88.3 cm³/mol. The van der Waals surface area contributed by atoms with Crippen molar-refractivity contribution in [3.05, 3.63) is 36.0 Å². The van der Waals surface area contributed by atoms with Crippen LogP contribution in [0.1, 0.15) is 45.6 Å². The lowest BCUT2D eigenvalue weighted by Gasteiger charge is -2.20. The van der Waals surface area contributed by atoms with Crippen LogP contribution in [0.2, 0.25) is 0 Å². The maximum atomic E-state index is 12.0. The normalized spacial score (nSPS) is 12.8. The average Bonchev–Trinajstić information content (AvgIpc) is 2.88. The number of fused-ring (bicyclic) bond motifs is 1. The van der Waals surface area contributed by atoms with E-state index in [2.05, 4.69) is 55.5 Å². The predicted octanol–water partition coefficient (Wildman–Crippen LogP) is 4.04. The number of amides is 1. The highest BCUT2D eigenvalue weighted by atomic mass is 16.1. The summed E-state index contributed by atoms with van der Waals surface area (Å²) in [6, 6.07) is 8.60. The highest BCUT2D eigenvalue weighted by Gasteiger charge is 2.13. The van der Waals surface area contributed by atoms with Gasteiger partial charge in [-0.05, 0) is 36.8 Å². The summed E-state index contributed by atoms with van der Waals surface area (Å²) in [7, 11) is 0. The maximum absolute atomic E-state index is 12.0. The van der Waals surface area contributed by atoms with Crippen molar-refractivity contribution in [1.82, 2.24) is 10.3 Å². The molecule has 2 N–H and O–H groups in total. The van der Waals surface area contributed by atoms with Crippen LogP contribution in [-0.4, -0.2) is 16.9 Å². The monoisotopic (exact) mass is 286 g/mol. The molecule has 3 nitrogen and oxygen atoms in total. The number of hydrogen-bond acceptors (Lipinski definition) is 1. The van der Waals surface area contributed by atoms with E-state index < -0.39 is 0 Å². The number of aromatic nitrogens is 1. The first-order valence-corrected chi connectivity index (χ1v) is 7.96. The van der Waals surface area contributed by atoms with E-state index in [9.17, 15) is 4.79 Å². The lowest BCUT2D eigenvalue weighted by molar-refractivity contribution is -0.122. The molecule has 1 aromatic heterocycles. The number of aryl methyl sites for hydroxylation is 1. The number of benzene rings is 1. The number of aromatic amines is 1. The van der Waals surface area contributed by atoms with Gasteiger partial charge in [-0.15, -0.1) is 0 Å². The van der Waals surface area contributed by atoms with Gasteiger partial charge < -0.3 is 10.3 Å². The van der Waals surface area contributed by atoms with Crippen LogP contribution in [0.25, 0.3) is 10.9 Å². The van der Waals surface area contributed by atoms with Crippen LogP contribution < -0.4 is 5.32 Å². The van der Waals surface area contributed by atoms with E-state index in [1.807, 2.05) is 6.07 Å². The molecule has 0 radical (unpaired) electrons. The fraction of sp³-hybridized carbons (Fsp3) is 0.500. The van der Waals surface area contributed by atoms with Gasteiger partial charge in [-0.25, -0.2) is 0 Å². The van der Waals surface area contributed by atoms with Crippen molar-refractivity contribution < 1.29 is 4.79 Å². The minimum atomic E-state index is 0.176. The zero-order chi connectivity index (χ0) is 15.2. The Labute approximate surface area is 127 Å². The van der Waals surface area contributed by atoms with Gasteiger partial charge in [-0.1, -0.05) is 39.0 Å². The Hall–Kier alpha value is -1.77. The molecule has 1 atom stereocenters. The molecule has 0 bridgehead atoms. The summed E-state index contributed by atoms with van der Waals surface area (Å²) in [6.45, 7) is 6.43. The Morgan fingerprint density at radius 2 is 2.05 bits per heavy atom. The molecule has 1 amide bonds. The van der Waals surface area contributed by atoms with Gasteiger partial charge in [0.05, 0.1) is 0 Å². The Balaban J connectivity index is 1.83. The first-order valence-electron chi connectivity index (χ1n) is 7.96. The molecule has 21 heavy (non-hydrogen) atoms. The number of H-pyrrole nitrogens is 1. The van der Waals surface area contributed by atoms with Crippen molar-refractivity contribution >= 4 is 16.8 Å². The molecule has 0 fully saturated rings. The maximum Gasteiger partial charge on any atom is 0.220 e. The molecule has 0 aliphatic carbocycles. The fourth-order valence-corrected chi connectivity index (χ4v) is 2.80. The summed E-state index contributed by atoms with van der Waals surface area (Å²) in [6.07, 6.45) is 5.48. The largest absolute Gasteiger partial charge is 0.361 e. The van der Waals surface area contributed by atoms with Crippen LogP contribution >= 0.6 is 0 Å². The van der Waals surface area contributed by atoms with E-state index in [1.54, 1.807) is 0 Å². The van der Waals surface area contributed by atoms with Gasteiger partial charge in [0.2, 0.25) is 5.91 Å². The SMILES string of the molecule is CCC(NC(=O)CCCc1c[nH]c2ccccc12)C(C)C. The molecule has 0 saturated carbocycles. The van der Waals surface area contributed by atoms with E-state index in [0.717, 1.165) is 19.3 Å². The second-order valence-corrected chi connectivity index (χ2v) is 6.04. The zero-order valence-electron chi connectivity index (χ0n) is 13.3. The molecular formula is C18H26N2O. The molecule has 0 aliphatic heterocycles. The quantitative estimate of drug-likeness (QED) is 0.792. The molecule has 1 unspecified atom stereocenters. The van der Waals surface area contributed by atoms with Crippen molar-refractivity contribution in [2.75, 3.05) is 0 Å². The van der Waals surface area contributed by atoms with Gasteiger partial charge in [0.1, 0.15) is 0 Å². The molecule has 2 rings (SSSR count). The van der Waals surface area contributed by atoms with E-state index in [-0.39, 0.29) is 5.91 Å². The van der Waals surface area contributed by atoms with Gasteiger partial charge in [-0.3, -0.25) is 4.79 Å². The van der Waals surface area contributed by atoms with Crippen LogP contribution in [0.5, 0.6) is 0 Å². The summed E-state index contributed by atoms with van der Waals surface area (Å²) in [5.74, 6) is 0.669. The van der Waals surface area contributed by atoms with E-state index in [4.69, 9.17) is 0 Å². The van der Waals surface area contributed by atoms with E-state index in [0.29, 0.717) is 18.4 Å². The third kappa shape index (κ3) is 4.10. The van der Waals surface area contributed by atoms with Gasteiger partial charge in [-0.2, -0.15) is 0 Å². The molecular weight excluding hydrogens is 260 g/mol. The van der Waals surface area contributed by atoms with Crippen LogP contribution in [0, 0.1) is 5.92 Å². The van der Waals surface area contributed by atoms with Gasteiger partial charge in [0.15, 0.2) is 0 Å². The number of hydrogen-bond donors (Lipinski definition) is 2. The third-order valence-electron chi connectivity index (χ3n) is 4.12. The van der Waals surface area contributed by atoms with Crippen LogP contribution in [0.4, 0.5) is 0 Å². The Morgan fingerprint density at radius 3 is 2.76 bits per heavy atom. The molecule has 0 spiro atoms. The molecule has 2 aromatic rings. The van der Waals surface area contributed by atoms with Gasteiger partial charge >= 0.3 is 0 Å². The first kappa shape index (κ1) is 15.6. The van der Waals surface area contributed by atoms with E-state index in [1.165, 1.54) is 16.5 Å². The number of carbonyl (C=O) groups is 1. The summed E-state index contributed by atoms with van der Waals surface area (Å²) < 4.78 is 0. The second kappa shape index (κ2) is 7.30. The topological polar surface area (TPSA) is 44.9 Å². The minimum Gasteiger partial charge on any atom is -0.361 e. The average molecular weight is 286 g/mol. The number of carbonyl (C=O) groups excluding carboxylic acids is 1. The minimum absolute atomic E-state index is 0.176. The van der Waals surface area contributed by atoms with Crippen molar-refractivity contribution in [3.8, 4) is 0 Å². The summed E-state index contributed by atoms with van der Waals surface area (Å²) in [5.41, 5.74) is 2.47. The van der Waals surface area contributed by atoms with Crippen LogP contribution in [-0.2, 0) is 11.2 Å². The number of para-hydroxylation sites is 1. The molecule has 114 valence electrons. The lowest BCUT2D eigenvalue weighted by Crippen LogP contribution is -2.37. The molecule has 0 aliphatic rings. The standard InChI is InChI=1S/C18H26N2O/c1-4-16(13(2)3)20-18(21)11-7-8-14-12-19-17-10-6-5-9-15(14)17/h5-6,9-10,12-13,16,19H,4,7-8,11H2,1-3H3,(H,20,21). The van der Waals surface area contributed by atoms with Crippen molar-refractivity contribution in [2.24, 2.45) is 5.92 Å². The lowest BCUT2D eigenvalue weighted by atomic mass is 10.0. The fourth-order valence-electron chi connectivity index (χ4n) is 2.80. The zero-order valence-corrected chi connectivity index (χ0v) is 13.3. The second-order valence-electron chi connectivity index (χ2n) is 6.04. The third-order valence-corrected chi connectivity index (χ3v) is 4.12. The first-order chi connectivity index (χ1) is 10.1. The Morgan fingerprint density at radius 1 is 1.29 bits per heavy atom. The molecule has 0 saturated heterocycles. The van der Waals surface area contributed by atoms with Gasteiger partial charge in [0, 0.05) is 29.6 Å². The molecule has 1 aromatic carbocycles. The number of rotatable bonds is 7. The van der Waals surface area contributed by atoms with Crippen molar-refractivity contribution in [2.45, 2.75) is 52.5 Å².